The van der Waals surface area contributed by atoms with Crippen molar-refractivity contribution in [2.45, 2.75) is 39.7 Å². The number of hydrogen-bond donors (Lipinski definition) is 2. The maximum Gasteiger partial charge on any atom is 0.180 e. The number of hydrogen-bond acceptors (Lipinski definition) is 4. The van der Waals surface area contributed by atoms with E-state index in [4.69, 9.17) is 5.73 Å². The predicted octanol–water partition coefficient (Wildman–Crippen LogP) is 2.37. The average molecular weight is 214 g/mol. The van der Waals surface area contributed by atoms with Crippen molar-refractivity contribution >= 4 is 16.5 Å². The lowest BCUT2D eigenvalue weighted by Crippen LogP contribution is -2.26. The molecule has 1 heterocycles. The monoisotopic (exact) mass is 214 g/mol. The van der Waals surface area contributed by atoms with Gasteiger partial charge in [0.15, 0.2) is 5.13 Å². The number of nitrogen functional groups attached to an aromatic ring is 1. The summed E-state index contributed by atoms with van der Waals surface area (Å²) in [7, 11) is 0. The van der Waals surface area contributed by atoms with Crippen LogP contribution in [0.5, 0.6) is 0 Å². The highest BCUT2D eigenvalue weighted by Gasteiger charge is 2.30. The van der Waals surface area contributed by atoms with Crippen LogP contribution in [0, 0.1) is 5.41 Å². The van der Waals surface area contributed by atoms with Crippen molar-refractivity contribution in [3.8, 4) is 0 Å². The predicted molar refractivity (Wildman–Crippen MR) is 60.2 cm³/mol. The molecule has 0 aliphatic rings. The van der Waals surface area contributed by atoms with Crippen LogP contribution in [0.2, 0.25) is 0 Å². The quantitative estimate of drug-likeness (QED) is 0.794. The summed E-state index contributed by atoms with van der Waals surface area (Å²) < 4.78 is 0. The molecule has 0 bridgehead atoms. The van der Waals surface area contributed by atoms with E-state index in [0.29, 0.717) is 11.6 Å². The van der Waals surface area contributed by atoms with Crippen molar-refractivity contribution in [3.63, 3.8) is 0 Å². The summed E-state index contributed by atoms with van der Waals surface area (Å²) in [6.07, 6.45) is 2.35. The van der Waals surface area contributed by atoms with E-state index in [-0.39, 0.29) is 5.41 Å². The fraction of sp³-hybridized carbons (Fsp3) is 0.700. The van der Waals surface area contributed by atoms with Gasteiger partial charge in [-0.2, -0.15) is 0 Å². The first-order valence-electron chi connectivity index (χ1n) is 4.65. The molecule has 1 aromatic rings. The highest BCUT2D eigenvalue weighted by Crippen LogP contribution is 2.37. The van der Waals surface area contributed by atoms with Crippen LogP contribution in [-0.2, 0) is 5.60 Å². The molecule has 0 radical (unpaired) electrons. The first kappa shape index (κ1) is 11.5. The summed E-state index contributed by atoms with van der Waals surface area (Å²) >= 11 is 1.35. The van der Waals surface area contributed by atoms with Gasteiger partial charge in [0.25, 0.3) is 0 Å². The van der Waals surface area contributed by atoms with Gasteiger partial charge < -0.3 is 10.8 Å². The lowest BCUT2D eigenvalue weighted by molar-refractivity contribution is 0.0183. The zero-order chi connectivity index (χ0) is 11.0. The second-order valence-corrected chi connectivity index (χ2v) is 6.14. The Kier molecular flexibility index (Phi) is 2.88. The molecule has 0 saturated carbocycles. The van der Waals surface area contributed by atoms with E-state index in [1.54, 1.807) is 6.20 Å². The minimum atomic E-state index is -0.826. The Hall–Kier alpha value is -0.610. The van der Waals surface area contributed by atoms with Crippen LogP contribution >= 0.6 is 11.3 Å². The zero-order valence-corrected chi connectivity index (χ0v) is 9.98. The van der Waals surface area contributed by atoms with E-state index in [0.717, 1.165) is 4.88 Å². The van der Waals surface area contributed by atoms with Crippen molar-refractivity contribution in [2.75, 3.05) is 5.73 Å². The lowest BCUT2D eigenvalue weighted by Gasteiger charge is -2.29. The molecule has 0 fully saturated rings. The minimum absolute atomic E-state index is 0.0856. The van der Waals surface area contributed by atoms with Gasteiger partial charge in [-0.3, -0.25) is 0 Å². The maximum atomic E-state index is 10.2. The summed E-state index contributed by atoms with van der Waals surface area (Å²) in [4.78, 5) is 4.79. The molecule has 0 aliphatic carbocycles. The molecule has 0 saturated heterocycles. The molecule has 1 aromatic heterocycles. The number of aliphatic hydroxyl groups is 1. The average Bonchev–Trinajstić information content (AvgIpc) is 2.29. The molecule has 1 atom stereocenters. The number of rotatable bonds is 2. The Balaban J connectivity index is 2.85. The second-order valence-electron chi connectivity index (χ2n) is 5.07. The topological polar surface area (TPSA) is 59.1 Å². The molecular weight excluding hydrogens is 196 g/mol. The largest absolute Gasteiger partial charge is 0.385 e. The lowest BCUT2D eigenvalue weighted by atomic mass is 9.82. The SMILES string of the molecule is CC(C)(C)CC(C)(O)c1cnc(N)s1. The first-order valence-corrected chi connectivity index (χ1v) is 5.46. The van der Waals surface area contributed by atoms with Crippen LogP contribution in [0.25, 0.3) is 0 Å². The number of aromatic nitrogens is 1. The summed E-state index contributed by atoms with van der Waals surface area (Å²) in [6, 6.07) is 0. The second kappa shape index (κ2) is 3.51. The molecule has 14 heavy (non-hydrogen) atoms. The van der Waals surface area contributed by atoms with Crippen LogP contribution in [0.1, 0.15) is 39.0 Å². The van der Waals surface area contributed by atoms with Crippen LogP contribution in [-0.4, -0.2) is 10.1 Å². The van der Waals surface area contributed by atoms with E-state index >= 15 is 0 Å². The molecular formula is C10H18N2OS. The highest BCUT2D eigenvalue weighted by atomic mass is 32.1. The van der Waals surface area contributed by atoms with Crippen LogP contribution in [0.4, 0.5) is 5.13 Å². The fourth-order valence-corrected chi connectivity index (χ4v) is 2.38. The van der Waals surface area contributed by atoms with Gasteiger partial charge in [0.05, 0.1) is 10.5 Å². The van der Waals surface area contributed by atoms with E-state index in [2.05, 4.69) is 25.8 Å². The van der Waals surface area contributed by atoms with Gasteiger partial charge in [0, 0.05) is 6.20 Å². The summed E-state index contributed by atoms with van der Waals surface area (Å²) in [5.41, 5.74) is 4.80. The smallest absolute Gasteiger partial charge is 0.180 e. The molecule has 80 valence electrons. The Labute approximate surface area is 89.0 Å². The molecule has 1 unspecified atom stereocenters. The highest BCUT2D eigenvalue weighted by molar-refractivity contribution is 7.15. The fourth-order valence-electron chi connectivity index (χ4n) is 1.66. The summed E-state index contributed by atoms with van der Waals surface area (Å²) in [5.74, 6) is 0. The Morgan fingerprint density at radius 2 is 2.00 bits per heavy atom. The first-order chi connectivity index (χ1) is 6.21. The zero-order valence-electron chi connectivity index (χ0n) is 9.16. The van der Waals surface area contributed by atoms with Crippen LogP contribution in [0.15, 0.2) is 6.20 Å². The Bertz CT molecular complexity index is 312. The van der Waals surface area contributed by atoms with Crippen molar-refractivity contribution in [1.29, 1.82) is 0 Å². The van der Waals surface area contributed by atoms with E-state index in [1.165, 1.54) is 11.3 Å². The number of nitrogens with zero attached hydrogens (tertiary/aromatic N) is 1. The van der Waals surface area contributed by atoms with Crippen LogP contribution < -0.4 is 5.73 Å². The number of anilines is 1. The molecule has 3 nitrogen and oxygen atoms in total. The van der Waals surface area contributed by atoms with Crippen LogP contribution in [0.3, 0.4) is 0 Å². The molecule has 0 spiro atoms. The molecule has 0 aliphatic heterocycles. The molecule has 0 aromatic carbocycles. The third kappa shape index (κ3) is 2.96. The van der Waals surface area contributed by atoms with E-state index in [1.807, 2.05) is 6.92 Å². The summed E-state index contributed by atoms with van der Waals surface area (Å²) in [5, 5.41) is 10.8. The molecule has 0 amide bonds. The van der Waals surface area contributed by atoms with E-state index in [9.17, 15) is 5.11 Å². The van der Waals surface area contributed by atoms with Crippen molar-refractivity contribution in [3.05, 3.63) is 11.1 Å². The van der Waals surface area contributed by atoms with Crippen molar-refractivity contribution in [2.24, 2.45) is 5.41 Å². The van der Waals surface area contributed by atoms with Crippen molar-refractivity contribution in [1.82, 2.24) is 4.98 Å². The normalized spacial score (nSPS) is 16.6. The Morgan fingerprint density at radius 3 is 2.36 bits per heavy atom. The standard InChI is InChI=1S/C10H18N2OS/c1-9(2,3)6-10(4,13)7-5-12-8(11)14-7/h5,13H,6H2,1-4H3,(H2,11,12). The van der Waals surface area contributed by atoms with E-state index < -0.39 is 5.60 Å². The summed E-state index contributed by atoms with van der Waals surface area (Å²) in [6.45, 7) is 8.12. The van der Waals surface area contributed by atoms with Gasteiger partial charge in [-0.15, -0.1) is 0 Å². The van der Waals surface area contributed by atoms with Gasteiger partial charge in [-0.05, 0) is 18.8 Å². The molecule has 3 N–H and O–H groups in total. The van der Waals surface area contributed by atoms with Gasteiger partial charge in [0.1, 0.15) is 0 Å². The Morgan fingerprint density at radius 1 is 1.43 bits per heavy atom. The van der Waals surface area contributed by atoms with Gasteiger partial charge in [-0.25, -0.2) is 4.98 Å². The third-order valence-electron chi connectivity index (χ3n) is 1.93. The van der Waals surface area contributed by atoms with Crippen molar-refractivity contribution < 1.29 is 5.11 Å². The number of nitrogens with two attached hydrogens (primary N) is 1. The maximum absolute atomic E-state index is 10.2. The molecule has 1 rings (SSSR count). The third-order valence-corrected chi connectivity index (χ3v) is 3.01. The van der Waals surface area contributed by atoms with Gasteiger partial charge in [0.2, 0.25) is 0 Å². The minimum Gasteiger partial charge on any atom is -0.385 e. The molecule has 4 heteroatoms. The van der Waals surface area contributed by atoms with Gasteiger partial charge in [-0.1, -0.05) is 32.1 Å². The van der Waals surface area contributed by atoms with Gasteiger partial charge >= 0.3 is 0 Å². The number of thiazole rings is 1.